The molecule has 4 nitrogen and oxygen atoms in total. The van der Waals surface area contributed by atoms with Gasteiger partial charge in [0.05, 0.1) is 12.0 Å². The molecule has 0 aromatic carbocycles. The number of fused-ring (bicyclic) bond motifs is 1. The van der Waals surface area contributed by atoms with Crippen LogP contribution in [0.1, 0.15) is 26.7 Å². The van der Waals surface area contributed by atoms with Crippen LogP contribution < -0.4 is 10.6 Å². The maximum Gasteiger partial charge on any atom is 0.230 e. The fourth-order valence-corrected chi connectivity index (χ4v) is 2.82. The third kappa shape index (κ3) is 2.63. The van der Waals surface area contributed by atoms with Gasteiger partial charge < -0.3 is 15.4 Å². The van der Waals surface area contributed by atoms with Gasteiger partial charge in [0.1, 0.15) is 0 Å². The van der Waals surface area contributed by atoms with Crippen molar-refractivity contribution in [2.75, 3.05) is 32.8 Å². The number of amides is 1. The Bertz CT molecular complexity index is 281. The molecule has 2 N–H and O–H groups in total. The Balaban J connectivity index is 1.91. The first-order valence-corrected chi connectivity index (χ1v) is 6.72. The lowest BCUT2D eigenvalue weighted by Gasteiger charge is -2.36. The average Bonchev–Trinajstić information content (AvgIpc) is 2.73. The van der Waals surface area contributed by atoms with E-state index in [0.29, 0.717) is 18.4 Å². The normalized spacial score (nSPS) is 32.5. The van der Waals surface area contributed by atoms with E-state index < -0.39 is 0 Å². The molecule has 0 aliphatic carbocycles. The van der Waals surface area contributed by atoms with E-state index in [2.05, 4.69) is 24.5 Å². The van der Waals surface area contributed by atoms with E-state index in [1.54, 1.807) is 0 Å². The van der Waals surface area contributed by atoms with Crippen LogP contribution in [-0.4, -0.2) is 38.8 Å². The summed E-state index contributed by atoms with van der Waals surface area (Å²) in [6, 6.07) is 0. The molecular formula is C13H24N2O2. The molecule has 2 heterocycles. The van der Waals surface area contributed by atoms with Gasteiger partial charge in [-0.3, -0.25) is 4.79 Å². The summed E-state index contributed by atoms with van der Waals surface area (Å²) in [7, 11) is 0. The van der Waals surface area contributed by atoms with Crippen LogP contribution in [0.4, 0.5) is 0 Å². The number of ether oxygens (including phenoxy) is 1. The number of hydrogen-bond acceptors (Lipinski definition) is 3. The minimum Gasteiger partial charge on any atom is -0.380 e. The minimum absolute atomic E-state index is 0.188. The first-order valence-electron chi connectivity index (χ1n) is 6.72. The third-order valence-electron chi connectivity index (χ3n) is 4.04. The molecule has 0 unspecified atom stereocenters. The maximum absolute atomic E-state index is 12.4. The van der Waals surface area contributed by atoms with Crippen molar-refractivity contribution in [3.05, 3.63) is 0 Å². The zero-order chi connectivity index (χ0) is 12.3. The van der Waals surface area contributed by atoms with E-state index in [9.17, 15) is 4.79 Å². The van der Waals surface area contributed by atoms with Gasteiger partial charge >= 0.3 is 0 Å². The van der Waals surface area contributed by atoms with Gasteiger partial charge in [-0.2, -0.15) is 0 Å². The Morgan fingerprint density at radius 3 is 3.18 bits per heavy atom. The minimum atomic E-state index is -0.296. The summed E-state index contributed by atoms with van der Waals surface area (Å²) >= 11 is 0. The third-order valence-corrected chi connectivity index (χ3v) is 4.04. The van der Waals surface area contributed by atoms with Crippen LogP contribution in [0, 0.1) is 17.3 Å². The zero-order valence-corrected chi connectivity index (χ0v) is 10.9. The molecule has 1 amide bonds. The molecule has 0 spiro atoms. The van der Waals surface area contributed by atoms with Gasteiger partial charge in [-0.15, -0.1) is 0 Å². The molecule has 2 fully saturated rings. The van der Waals surface area contributed by atoms with Crippen molar-refractivity contribution >= 4 is 5.91 Å². The van der Waals surface area contributed by atoms with Gasteiger partial charge in [0, 0.05) is 19.7 Å². The highest BCUT2D eigenvalue weighted by molar-refractivity contribution is 5.84. The van der Waals surface area contributed by atoms with Crippen LogP contribution >= 0.6 is 0 Å². The average molecular weight is 240 g/mol. The lowest BCUT2D eigenvalue weighted by molar-refractivity contribution is -0.141. The molecule has 2 aliphatic rings. The van der Waals surface area contributed by atoms with E-state index >= 15 is 0 Å². The van der Waals surface area contributed by atoms with E-state index in [1.165, 1.54) is 0 Å². The summed E-state index contributed by atoms with van der Waals surface area (Å²) in [6.45, 7) is 8.24. The van der Waals surface area contributed by atoms with Crippen LogP contribution in [-0.2, 0) is 9.53 Å². The summed E-state index contributed by atoms with van der Waals surface area (Å²) in [5.41, 5.74) is -0.296. The van der Waals surface area contributed by atoms with Gasteiger partial charge in [0.15, 0.2) is 0 Å². The van der Waals surface area contributed by atoms with Gasteiger partial charge in [0.25, 0.3) is 0 Å². The molecule has 2 atom stereocenters. The molecule has 0 saturated carbocycles. The highest BCUT2D eigenvalue weighted by Gasteiger charge is 2.50. The Morgan fingerprint density at radius 1 is 1.59 bits per heavy atom. The van der Waals surface area contributed by atoms with E-state index in [-0.39, 0.29) is 11.3 Å². The molecule has 98 valence electrons. The molecule has 0 radical (unpaired) electrons. The van der Waals surface area contributed by atoms with Crippen LogP contribution in [0.2, 0.25) is 0 Å². The van der Waals surface area contributed by atoms with Gasteiger partial charge in [0.2, 0.25) is 5.91 Å². The zero-order valence-electron chi connectivity index (χ0n) is 10.9. The summed E-state index contributed by atoms with van der Waals surface area (Å²) in [4.78, 5) is 12.4. The summed E-state index contributed by atoms with van der Waals surface area (Å²) in [6.07, 6.45) is 2.05. The van der Waals surface area contributed by atoms with E-state index in [4.69, 9.17) is 4.74 Å². The standard InChI is InChI=1S/C13H24N2O2/c1-10(2)3-5-15-12(16)13-8-14-7-11(13)4-6-17-9-13/h10-11,14H,3-9H2,1-2H3,(H,15,16)/t11-,13+/m1/s1. The monoisotopic (exact) mass is 240 g/mol. The Labute approximate surface area is 103 Å². The first-order chi connectivity index (χ1) is 8.15. The predicted octanol–water partition coefficient (Wildman–Crippen LogP) is 0.775. The molecule has 2 saturated heterocycles. The van der Waals surface area contributed by atoms with Crippen LogP contribution in [0.3, 0.4) is 0 Å². The fraction of sp³-hybridized carbons (Fsp3) is 0.923. The summed E-state index contributed by atoms with van der Waals surface area (Å²) in [5.74, 6) is 1.27. The van der Waals surface area contributed by atoms with E-state index in [1.807, 2.05) is 0 Å². The van der Waals surface area contributed by atoms with Gasteiger partial charge in [-0.05, 0) is 31.2 Å². The Hall–Kier alpha value is -0.610. The van der Waals surface area contributed by atoms with Gasteiger partial charge in [-0.25, -0.2) is 0 Å². The lowest BCUT2D eigenvalue weighted by Crippen LogP contribution is -2.52. The molecule has 2 rings (SSSR count). The summed E-state index contributed by atoms with van der Waals surface area (Å²) in [5, 5.41) is 6.43. The molecule has 17 heavy (non-hydrogen) atoms. The molecule has 0 bridgehead atoms. The van der Waals surface area contributed by atoms with Crippen molar-refractivity contribution in [3.8, 4) is 0 Å². The molecule has 0 aromatic heterocycles. The Morgan fingerprint density at radius 2 is 2.41 bits per heavy atom. The molecule has 4 heteroatoms. The second kappa shape index (κ2) is 5.36. The van der Waals surface area contributed by atoms with Gasteiger partial charge in [-0.1, -0.05) is 13.8 Å². The SMILES string of the molecule is CC(C)CCNC(=O)[C@]12CNC[C@H]1CCOC2. The van der Waals surface area contributed by atoms with E-state index in [0.717, 1.165) is 39.1 Å². The van der Waals surface area contributed by atoms with Crippen molar-refractivity contribution in [2.24, 2.45) is 17.3 Å². The number of rotatable bonds is 4. The van der Waals surface area contributed by atoms with Crippen molar-refractivity contribution in [1.29, 1.82) is 0 Å². The van der Waals surface area contributed by atoms with Crippen LogP contribution in [0.25, 0.3) is 0 Å². The highest BCUT2D eigenvalue weighted by Crippen LogP contribution is 2.37. The van der Waals surface area contributed by atoms with Crippen LogP contribution in [0.5, 0.6) is 0 Å². The predicted molar refractivity (Wildman–Crippen MR) is 66.7 cm³/mol. The lowest BCUT2D eigenvalue weighted by atomic mass is 9.75. The van der Waals surface area contributed by atoms with Crippen molar-refractivity contribution in [1.82, 2.24) is 10.6 Å². The molecule has 2 aliphatic heterocycles. The fourth-order valence-electron chi connectivity index (χ4n) is 2.82. The maximum atomic E-state index is 12.4. The number of carbonyl (C=O) groups is 1. The van der Waals surface area contributed by atoms with Crippen LogP contribution in [0.15, 0.2) is 0 Å². The largest absolute Gasteiger partial charge is 0.380 e. The number of hydrogen-bond donors (Lipinski definition) is 2. The second-order valence-corrected chi connectivity index (χ2v) is 5.76. The highest BCUT2D eigenvalue weighted by atomic mass is 16.5. The number of carbonyl (C=O) groups excluding carboxylic acids is 1. The quantitative estimate of drug-likeness (QED) is 0.763. The van der Waals surface area contributed by atoms with Crippen molar-refractivity contribution in [3.63, 3.8) is 0 Å². The molecular weight excluding hydrogens is 216 g/mol. The van der Waals surface area contributed by atoms with Crippen molar-refractivity contribution < 1.29 is 9.53 Å². The Kier molecular flexibility index (Phi) is 4.05. The summed E-state index contributed by atoms with van der Waals surface area (Å²) < 4.78 is 5.53. The molecule has 0 aromatic rings. The topological polar surface area (TPSA) is 50.4 Å². The first kappa shape index (κ1) is 12.8. The van der Waals surface area contributed by atoms with Crippen molar-refractivity contribution in [2.45, 2.75) is 26.7 Å². The smallest absolute Gasteiger partial charge is 0.230 e. The second-order valence-electron chi connectivity index (χ2n) is 5.76. The number of nitrogens with one attached hydrogen (secondary N) is 2.